The highest BCUT2D eigenvalue weighted by Crippen LogP contribution is 2.36. The minimum absolute atomic E-state index is 0.0994. The molecule has 2 aromatic carbocycles. The van der Waals surface area contributed by atoms with Gasteiger partial charge in [-0.3, -0.25) is 0 Å². The normalized spacial score (nSPS) is 12.6. The van der Waals surface area contributed by atoms with Crippen molar-refractivity contribution in [2.75, 3.05) is 19.1 Å². The number of benzene rings is 2. The molecule has 3 aromatic rings. The van der Waals surface area contributed by atoms with Crippen molar-refractivity contribution in [3.05, 3.63) is 70.1 Å². The summed E-state index contributed by atoms with van der Waals surface area (Å²) in [5.74, 6) is 0.561. The van der Waals surface area contributed by atoms with Gasteiger partial charge in [-0.25, -0.2) is 4.39 Å². The summed E-state index contributed by atoms with van der Waals surface area (Å²) >= 11 is 9.06. The number of aromatic amines is 1. The lowest BCUT2D eigenvalue weighted by molar-refractivity contribution is 0.355. The second-order valence-electron chi connectivity index (χ2n) is 6.01. The summed E-state index contributed by atoms with van der Waals surface area (Å²) in [5.41, 5.74) is 4.13. The van der Waals surface area contributed by atoms with E-state index in [1.807, 2.05) is 12.5 Å². The van der Waals surface area contributed by atoms with E-state index in [9.17, 15) is 4.39 Å². The molecule has 6 heteroatoms. The highest BCUT2D eigenvalue weighted by Gasteiger charge is 2.22. The Labute approximate surface area is 167 Å². The lowest BCUT2D eigenvalue weighted by Crippen LogP contribution is -2.06. The van der Waals surface area contributed by atoms with Crippen LogP contribution in [0.15, 0.2) is 42.6 Å². The Kier molecular flexibility index (Phi) is 6.92. The van der Waals surface area contributed by atoms with Crippen molar-refractivity contribution in [3.8, 4) is 0 Å². The summed E-state index contributed by atoms with van der Waals surface area (Å²) in [6, 6.07) is 11.2. The molecule has 0 radical (unpaired) electrons. The molecule has 138 valence electrons. The third kappa shape index (κ3) is 4.22. The molecule has 0 aliphatic heterocycles. The first kappa shape index (κ1) is 19.6. The molecule has 0 aliphatic rings. The fourth-order valence-electron chi connectivity index (χ4n) is 3.31. The van der Waals surface area contributed by atoms with Crippen LogP contribution in [-0.4, -0.2) is 24.1 Å². The zero-order valence-electron chi connectivity index (χ0n) is 14.7. The van der Waals surface area contributed by atoms with Crippen LogP contribution >= 0.6 is 35.4 Å². The van der Waals surface area contributed by atoms with Gasteiger partial charge in [-0.1, -0.05) is 35.9 Å². The van der Waals surface area contributed by atoms with Crippen molar-refractivity contribution >= 4 is 46.3 Å². The van der Waals surface area contributed by atoms with Crippen molar-refractivity contribution < 1.29 is 8.57 Å². The number of nitrogens with one attached hydrogen (secondary N) is 1. The molecule has 0 spiro atoms. The van der Waals surface area contributed by atoms with Crippen LogP contribution in [0.4, 0.5) is 4.39 Å². The number of aromatic nitrogens is 1. The van der Waals surface area contributed by atoms with Gasteiger partial charge in [-0.05, 0) is 53.5 Å². The first-order chi connectivity index (χ1) is 12.7. The summed E-state index contributed by atoms with van der Waals surface area (Å²) in [4.78, 5) is 3.41. The van der Waals surface area contributed by atoms with Crippen molar-refractivity contribution in [3.63, 3.8) is 0 Å². The van der Waals surface area contributed by atoms with Crippen LogP contribution in [0.5, 0.6) is 0 Å². The number of thioether (sulfide) groups is 1. The van der Waals surface area contributed by atoms with Crippen LogP contribution in [0.25, 0.3) is 10.9 Å². The Bertz CT molecular complexity index is 883. The summed E-state index contributed by atoms with van der Waals surface area (Å²) in [6.07, 6.45) is 6.68. The van der Waals surface area contributed by atoms with Crippen LogP contribution in [0, 0.1) is 5.82 Å². The lowest BCUT2D eigenvalue weighted by Gasteiger charge is -2.18. The van der Waals surface area contributed by atoms with Crippen molar-refractivity contribution in [1.82, 2.24) is 4.98 Å². The average molecular weight is 410 g/mol. The van der Waals surface area contributed by atoms with Crippen molar-refractivity contribution in [2.24, 2.45) is 0 Å². The topological polar surface area (TPSA) is 25.0 Å². The average Bonchev–Trinajstić information content (AvgIpc) is 3.05. The van der Waals surface area contributed by atoms with Gasteiger partial charge in [0.2, 0.25) is 0 Å². The zero-order chi connectivity index (χ0) is 18.5. The van der Waals surface area contributed by atoms with E-state index >= 15 is 0 Å². The number of H-pyrrole nitrogens is 1. The van der Waals surface area contributed by atoms with E-state index in [0.717, 1.165) is 22.2 Å². The molecular weight excluding hydrogens is 389 g/mol. The molecule has 1 unspecified atom stereocenters. The van der Waals surface area contributed by atoms with E-state index in [-0.39, 0.29) is 11.7 Å². The fourth-order valence-corrected chi connectivity index (χ4v) is 4.29. The number of fused-ring (bicyclic) bond motifs is 1. The predicted molar refractivity (Wildman–Crippen MR) is 113 cm³/mol. The van der Waals surface area contributed by atoms with Gasteiger partial charge < -0.3 is 9.17 Å². The molecule has 0 saturated carbocycles. The highest BCUT2D eigenvalue weighted by molar-refractivity contribution is 7.97. The Morgan fingerprint density at radius 2 is 2.04 bits per heavy atom. The Hall–Kier alpha value is -1.14. The minimum atomic E-state index is -0.277. The van der Waals surface area contributed by atoms with E-state index in [0.29, 0.717) is 23.6 Å². The molecule has 0 fully saturated rings. The van der Waals surface area contributed by atoms with Crippen LogP contribution in [0.1, 0.15) is 29.0 Å². The predicted octanol–water partition coefficient (Wildman–Crippen LogP) is 6.64. The second-order valence-corrected chi connectivity index (χ2v) is 7.88. The summed E-state index contributed by atoms with van der Waals surface area (Å²) in [5, 5.41) is 1.55. The van der Waals surface area contributed by atoms with Gasteiger partial charge in [0.15, 0.2) is 0 Å². The summed E-state index contributed by atoms with van der Waals surface area (Å²) < 4.78 is 20.1. The molecule has 26 heavy (non-hydrogen) atoms. The number of halogens is 2. The molecule has 1 heterocycles. The van der Waals surface area contributed by atoms with Gasteiger partial charge in [-0.2, -0.15) is 11.8 Å². The SMILES string of the molecule is CSCc1cccc2c(C(CCOSC)c3ccc(Cl)cc3F)c[nH]c12. The maximum atomic E-state index is 14.7. The first-order valence-electron chi connectivity index (χ1n) is 8.34. The van der Waals surface area contributed by atoms with E-state index in [1.54, 1.807) is 23.9 Å². The Balaban J connectivity index is 2.07. The monoisotopic (exact) mass is 409 g/mol. The Morgan fingerprint density at radius 1 is 1.19 bits per heavy atom. The molecular formula is C20H21ClFNOS2. The maximum absolute atomic E-state index is 14.7. The van der Waals surface area contributed by atoms with Gasteiger partial charge in [0, 0.05) is 40.0 Å². The largest absolute Gasteiger partial charge is 0.361 e. The zero-order valence-corrected chi connectivity index (χ0v) is 17.1. The molecule has 0 aliphatic carbocycles. The van der Waals surface area contributed by atoms with E-state index in [4.69, 9.17) is 15.8 Å². The lowest BCUT2D eigenvalue weighted by atomic mass is 9.88. The molecule has 0 amide bonds. The van der Waals surface area contributed by atoms with E-state index < -0.39 is 0 Å². The highest BCUT2D eigenvalue weighted by atomic mass is 35.5. The molecule has 0 bridgehead atoms. The molecule has 1 atom stereocenters. The van der Waals surface area contributed by atoms with Gasteiger partial charge >= 0.3 is 0 Å². The quantitative estimate of drug-likeness (QED) is 0.333. The third-order valence-electron chi connectivity index (χ3n) is 4.45. The second kappa shape index (κ2) is 9.18. The number of hydrogen-bond acceptors (Lipinski definition) is 3. The third-order valence-corrected chi connectivity index (χ3v) is 5.69. The molecule has 0 saturated heterocycles. The van der Waals surface area contributed by atoms with Crippen LogP contribution in [0.2, 0.25) is 5.02 Å². The first-order valence-corrected chi connectivity index (χ1v) is 11.3. The standard InChI is InChI=1S/C20H21ClFNOS2/c1-25-12-13-4-3-5-17-18(11-23-20(13)17)15(8-9-24-26-2)16-7-6-14(21)10-19(16)22/h3-7,10-11,15,23H,8-9,12H2,1-2H3. The fraction of sp³-hybridized carbons (Fsp3) is 0.300. The molecule has 2 nitrogen and oxygen atoms in total. The number of rotatable bonds is 8. The van der Waals surface area contributed by atoms with Crippen molar-refractivity contribution in [1.29, 1.82) is 0 Å². The van der Waals surface area contributed by atoms with Crippen LogP contribution in [-0.2, 0) is 9.94 Å². The smallest absolute Gasteiger partial charge is 0.128 e. The molecule has 3 rings (SSSR count). The Morgan fingerprint density at radius 3 is 2.77 bits per heavy atom. The summed E-state index contributed by atoms with van der Waals surface area (Å²) in [7, 11) is 0. The van der Waals surface area contributed by atoms with Gasteiger partial charge in [0.05, 0.1) is 6.61 Å². The van der Waals surface area contributed by atoms with Gasteiger partial charge in [0.25, 0.3) is 0 Å². The van der Waals surface area contributed by atoms with E-state index in [2.05, 4.69) is 29.4 Å². The number of hydrogen-bond donors (Lipinski definition) is 1. The maximum Gasteiger partial charge on any atom is 0.128 e. The van der Waals surface area contributed by atoms with Crippen LogP contribution < -0.4 is 0 Å². The number of para-hydroxylation sites is 1. The minimum Gasteiger partial charge on any atom is -0.361 e. The van der Waals surface area contributed by atoms with Gasteiger partial charge in [-0.15, -0.1) is 0 Å². The van der Waals surface area contributed by atoms with E-state index in [1.165, 1.54) is 23.7 Å². The van der Waals surface area contributed by atoms with Crippen LogP contribution in [0.3, 0.4) is 0 Å². The van der Waals surface area contributed by atoms with Crippen molar-refractivity contribution in [2.45, 2.75) is 18.1 Å². The molecule has 1 N–H and O–H groups in total. The molecule has 1 aromatic heterocycles. The van der Waals surface area contributed by atoms with Gasteiger partial charge in [0.1, 0.15) is 5.82 Å². The summed E-state index contributed by atoms with van der Waals surface area (Å²) in [6.45, 7) is 0.547.